The summed E-state index contributed by atoms with van der Waals surface area (Å²) in [4.78, 5) is 1.48. The summed E-state index contributed by atoms with van der Waals surface area (Å²) in [7, 11) is 0. The van der Waals surface area contributed by atoms with Crippen molar-refractivity contribution in [1.82, 2.24) is 5.32 Å². The molecule has 1 nitrogen and oxygen atoms in total. The van der Waals surface area contributed by atoms with Crippen LogP contribution in [-0.2, 0) is 6.42 Å². The molecule has 1 aliphatic rings. The summed E-state index contributed by atoms with van der Waals surface area (Å²) in [5.74, 6) is 0. The lowest BCUT2D eigenvalue weighted by molar-refractivity contribution is 0.653. The third-order valence-corrected chi connectivity index (χ3v) is 3.83. The average molecular weight is 207 g/mol. The number of thioether (sulfide) groups is 1. The van der Waals surface area contributed by atoms with Crippen LogP contribution in [-0.4, -0.2) is 18.3 Å². The number of hydrogen-bond donors (Lipinski definition) is 1. The van der Waals surface area contributed by atoms with Gasteiger partial charge in [0.1, 0.15) is 0 Å². The molecule has 0 fully saturated rings. The summed E-state index contributed by atoms with van der Waals surface area (Å²) in [6, 6.07) is 8.76. The SMILES string of the molecule is CCCNCC1Cc2ccccc2S1. The van der Waals surface area contributed by atoms with Crippen molar-refractivity contribution in [2.75, 3.05) is 13.1 Å². The van der Waals surface area contributed by atoms with Crippen molar-refractivity contribution in [3.63, 3.8) is 0 Å². The number of benzene rings is 1. The fourth-order valence-corrected chi connectivity index (χ4v) is 3.09. The molecule has 76 valence electrons. The van der Waals surface area contributed by atoms with Gasteiger partial charge in [0.15, 0.2) is 0 Å². The van der Waals surface area contributed by atoms with Gasteiger partial charge in [-0.05, 0) is 31.0 Å². The topological polar surface area (TPSA) is 12.0 Å². The first-order valence-corrected chi connectivity index (χ1v) is 6.23. The third-order valence-electron chi connectivity index (χ3n) is 2.51. The molecule has 2 rings (SSSR count). The summed E-state index contributed by atoms with van der Waals surface area (Å²) < 4.78 is 0. The van der Waals surface area contributed by atoms with E-state index in [1.807, 2.05) is 11.8 Å². The van der Waals surface area contributed by atoms with Crippen LogP contribution in [0.2, 0.25) is 0 Å². The highest BCUT2D eigenvalue weighted by Gasteiger charge is 2.20. The normalized spacial score (nSPS) is 19.6. The van der Waals surface area contributed by atoms with Gasteiger partial charge >= 0.3 is 0 Å². The van der Waals surface area contributed by atoms with Gasteiger partial charge in [0.2, 0.25) is 0 Å². The highest BCUT2D eigenvalue weighted by Crippen LogP contribution is 2.36. The molecule has 0 radical (unpaired) electrons. The summed E-state index contributed by atoms with van der Waals surface area (Å²) in [6.45, 7) is 4.50. The maximum Gasteiger partial charge on any atom is 0.0260 e. The van der Waals surface area contributed by atoms with Gasteiger partial charge < -0.3 is 5.32 Å². The van der Waals surface area contributed by atoms with Gasteiger partial charge in [0.05, 0.1) is 0 Å². The molecule has 0 saturated carbocycles. The molecule has 0 aliphatic carbocycles. The fraction of sp³-hybridized carbons (Fsp3) is 0.500. The Morgan fingerprint density at radius 1 is 1.43 bits per heavy atom. The lowest BCUT2D eigenvalue weighted by Gasteiger charge is -2.08. The summed E-state index contributed by atoms with van der Waals surface area (Å²) in [6.07, 6.45) is 2.46. The Kier molecular flexibility index (Phi) is 3.49. The average Bonchev–Trinajstić information content (AvgIpc) is 2.60. The molecule has 1 heterocycles. The summed E-state index contributed by atoms with van der Waals surface area (Å²) >= 11 is 2.02. The Morgan fingerprint density at radius 2 is 2.29 bits per heavy atom. The van der Waals surface area contributed by atoms with E-state index >= 15 is 0 Å². The largest absolute Gasteiger partial charge is 0.316 e. The molecule has 0 spiro atoms. The Morgan fingerprint density at radius 3 is 3.07 bits per heavy atom. The quantitative estimate of drug-likeness (QED) is 0.762. The molecule has 0 aromatic heterocycles. The van der Waals surface area contributed by atoms with Crippen LogP contribution < -0.4 is 5.32 Å². The maximum atomic E-state index is 3.49. The van der Waals surface area contributed by atoms with Crippen LogP contribution in [0.25, 0.3) is 0 Å². The van der Waals surface area contributed by atoms with Crippen molar-refractivity contribution in [1.29, 1.82) is 0 Å². The Balaban J connectivity index is 1.86. The first kappa shape index (κ1) is 10.1. The zero-order valence-corrected chi connectivity index (χ0v) is 9.44. The van der Waals surface area contributed by atoms with E-state index in [0.29, 0.717) is 0 Å². The van der Waals surface area contributed by atoms with Gasteiger partial charge in [0.25, 0.3) is 0 Å². The maximum absolute atomic E-state index is 3.49. The minimum absolute atomic E-state index is 0.749. The third kappa shape index (κ3) is 2.31. The van der Waals surface area contributed by atoms with Crippen LogP contribution in [0.1, 0.15) is 18.9 Å². The smallest absolute Gasteiger partial charge is 0.0260 e. The van der Waals surface area contributed by atoms with E-state index in [1.165, 1.54) is 23.3 Å². The summed E-state index contributed by atoms with van der Waals surface area (Å²) in [5.41, 5.74) is 1.53. The van der Waals surface area contributed by atoms with Gasteiger partial charge in [-0.15, -0.1) is 11.8 Å². The zero-order valence-electron chi connectivity index (χ0n) is 8.62. The van der Waals surface area contributed by atoms with E-state index in [2.05, 4.69) is 36.5 Å². The Hall–Kier alpha value is -0.470. The monoisotopic (exact) mass is 207 g/mol. The Bertz CT molecular complexity index is 273. The van der Waals surface area contributed by atoms with Crippen LogP contribution in [0.5, 0.6) is 0 Å². The zero-order chi connectivity index (χ0) is 9.80. The highest BCUT2D eigenvalue weighted by atomic mass is 32.2. The molecule has 1 aliphatic heterocycles. The molecular formula is C12H17NS. The first-order valence-electron chi connectivity index (χ1n) is 5.35. The van der Waals surface area contributed by atoms with Crippen molar-refractivity contribution in [3.05, 3.63) is 29.8 Å². The predicted molar refractivity (Wildman–Crippen MR) is 63.0 cm³/mol. The second-order valence-electron chi connectivity index (χ2n) is 3.76. The van der Waals surface area contributed by atoms with Gasteiger partial charge in [-0.1, -0.05) is 25.1 Å². The molecule has 0 saturated heterocycles. The molecule has 0 bridgehead atoms. The second-order valence-corrected chi connectivity index (χ2v) is 5.10. The molecule has 1 atom stereocenters. The van der Waals surface area contributed by atoms with Crippen molar-refractivity contribution < 1.29 is 0 Å². The molecule has 0 amide bonds. The standard InChI is InChI=1S/C12H17NS/c1-2-7-13-9-11-8-10-5-3-4-6-12(10)14-11/h3-6,11,13H,2,7-9H2,1H3. The summed E-state index contributed by atoms with van der Waals surface area (Å²) in [5, 5.41) is 4.24. The van der Waals surface area contributed by atoms with Gasteiger partial charge in [0, 0.05) is 16.7 Å². The molecule has 14 heavy (non-hydrogen) atoms. The van der Waals surface area contributed by atoms with Crippen LogP contribution in [0.4, 0.5) is 0 Å². The number of nitrogens with one attached hydrogen (secondary N) is 1. The molecular weight excluding hydrogens is 190 g/mol. The lowest BCUT2D eigenvalue weighted by Crippen LogP contribution is -2.24. The van der Waals surface area contributed by atoms with E-state index in [9.17, 15) is 0 Å². The minimum Gasteiger partial charge on any atom is -0.316 e. The second kappa shape index (κ2) is 4.85. The van der Waals surface area contributed by atoms with Crippen molar-refractivity contribution in [2.45, 2.75) is 29.9 Å². The van der Waals surface area contributed by atoms with E-state index in [-0.39, 0.29) is 0 Å². The van der Waals surface area contributed by atoms with E-state index in [1.54, 1.807) is 0 Å². The lowest BCUT2D eigenvalue weighted by atomic mass is 10.1. The highest BCUT2D eigenvalue weighted by molar-refractivity contribution is 8.00. The van der Waals surface area contributed by atoms with Crippen LogP contribution in [0.15, 0.2) is 29.2 Å². The van der Waals surface area contributed by atoms with Crippen LogP contribution >= 0.6 is 11.8 Å². The van der Waals surface area contributed by atoms with Crippen LogP contribution in [0, 0.1) is 0 Å². The number of hydrogen-bond acceptors (Lipinski definition) is 2. The van der Waals surface area contributed by atoms with Crippen LogP contribution in [0.3, 0.4) is 0 Å². The first-order chi connectivity index (χ1) is 6.90. The van der Waals surface area contributed by atoms with Crippen molar-refractivity contribution in [2.24, 2.45) is 0 Å². The van der Waals surface area contributed by atoms with Gasteiger partial charge in [-0.25, -0.2) is 0 Å². The van der Waals surface area contributed by atoms with E-state index in [4.69, 9.17) is 0 Å². The van der Waals surface area contributed by atoms with E-state index < -0.39 is 0 Å². The fourth-order valence-electron chi connectivity index (χ4n) is 1.81. The molecule has 2 heteroatoms. The van der Waals surface area contributed by atoms with Crippen molar-refractivity contribution in [3.8, 4) is 0 Å². The van der Waals surface area contributed by atoms with Crippen molar-refractivity contribution >= 4 is 11.8 Å². The molecule has 1 aromatic rings. The molecule has 1 aromatic carbocycles. The van der Waals surface area contributed by atoms with Gasteiger partial charge in [-0.3, -0.25) is 0 Å². The predicted octanol–water partition coefficient (Wildman–Crippen LogP) is 2.70. The van der Waals surface area contributed by atoms with E-state index in [0.717, 1.165) is 18.3 Å². The van der Waals surface area contributed by atoms with Gasteiger partial charge in [-0.2, -0.15) is 0 Å². The minimum atomic E-state index is 0.749. The molecule has 1 unspecified atom stereocenters. The Labute approximate surface area is 90.3 Å². The molecule has 1 N–H and O–H groups in total. The number of fused-ring (bicyclic) bond motifs is 1. The number of rotatable bonds is 4.